The zero-order valence-electron chi connectivity index (χ0n) is 33.9. The quantitative estimate of drug-likeness (QED) is 0.100. The summed E-state index contributed by atoms with van der Waals surface area (Å²) in [5.41, 5.74) is 10.5. The normalized spacial score (nSPS) is 11.9. The molecule has 0 N–H and O–H groups in total. The Labute approximate surface area is 355 Å². The number of aryl methyl sites for hydroxylation is 1. The van der Waals surface area contributed by atoms with Gasteiger partial charge in [-0.25, -0.2) is 0 Å². The second-order valence-electron chi connectivity index (χ2n) is 17.0. The summed E-state index contributed by atoms with van der Waals surface area (Å²) in [4.78, 5) is 9.83. The van der Waals surface area contributed by atoms with Gasteiger partial charge in [-0.3, -0.25) is 4.98 Å². The van der Waals surface area contributed by atoms with Gasteiger partial charge in [0.25, 0.3) is 0 Å². The van der Waals surface area contributed by atoms with E-state index >= 15 is 0 Å². The van der Waals surface area contributed by atoms with Gasteiger partial charge in [0.1, 0.15) is 5.58 Å². The first-order chi connectivity index (χ1) is 27.5. The van der Waals surface area contributed by atoms with Crippen molar-refractivity contribution < 1.29 is 24.5 Å². The van der Waals surface area contributed by atoms with Crippen molar-refractivity contribution in [3.63, 3.8) is 0 Å². The Kier molecular flexibility index (Phi) is 10.3. The summed E-state index contributed by atoms with van der Waals surface area (Å²) in [5.74, 6) is 0.833. The van der Waals surface area contributed by atoms with Crippen molar-refractivity contribution in [2.45, 2.75) is 52.8 Å². The number of pyridine rings is 1. The fourth-order valence-electron chi connectivity index (χ4n) is 8.09. The van der Waals surface area contributed by atoms with Gasteiger partial charge in [-0.2, -0.15) is 0 Å². The second kappa shape index (κ2) is 15.3. The number of benzene rings is 7. The minimum Gasteiger partial charge on any atom is -0.501 e. The molecule has 58 heavy (non-hydrogen) atoms. The molecule has 0 saturated carbocycles. The molecule has 0 unspecified atom stereocenters. The van der Waals surface area contributed by atoms with Crippen molar-refractivity contribution in [3.05, 3.63) is 169 Å². The van der Waals surface area contributed by atoms with Crippen LogP contribution >= 0.6 is 0 Å². The molecule has 0 spiro atoms. The molecule has 0 fully saturated rings. The number of imidazole rings is 1. The molecule has 0 saturated heterocycles. The first-order valence-electron chi connectivity index (χ1n) is 19.7. The topological polar surface area (TPSA) is 43.9 Å². The Balaban J connectivity index is 0.000000164. The molecule has 0 bridgehead atoms. The van der Waals surface area contributed by atoms with Crippen molar-refractivity contribution >= 4 is 67.8 Å². The van der Waals surface area contributed by atoms with E-state index in [-0.39, 0.29) is 25.5 Å². The van der Waals surface area contributed by atoms with Crippen LogP contribution in [0.15, 0.2) is 150 Å². The molecule has 289 valence electrons. The first-order valence-corrected chi connectivity index (χ1v) is 23.2. The number of para-hydroxylation sites is 3. The Hall–Kier alpha value is -5.65. The van der Waals surface area contributed by atoms with Crippen LogP contribution in [0.2, 0.25) is 19.6 Å². The standard InChI is InChI=1S/C29H23N2O.C23H22NSi.Ir/c1-29(2,3)19-15-17-20(18-16-19)31-25-13-6-5-12-24(25)30-28(31)23-11-8-10-22-21-9-4-7-14-26(21)32-27(22)23;1-16-14-22(24-15-23(16)25(2,3)4)21-11-7-10-19-18-9-6-5-8-17(18)12-13-20(19)21;/h4-10,12-18H,1-3H3;5-10,12-15H,1-4H3;/q2*-1;. The molecule has 4 nitrogen and oxygen atoms in total. The van der Waals surface area contributed by atoms with Crippen molar-refractivity contribution in [1.29, 1.82) is 0 Å². The number of nitrogens with zero attached hydrogens (tertiary/aromatic N) is 3. The van der Waals surface area contributed by atoms with Gasteiger partial charge in [0.15, 0.2) is 0 Å². The number of aromatic nitrogens is 3. The smallest absolute Gasteiger partial charge is 0.120 e. The molecule has 10 rings (SSSR count). The number of hydrogen-bond acceptors (Lipinski definition) is 3. The number of furan rings is 1. The van der Waals surface area contributed by atoms with Crippen LogP contribution in [0.3, 0.4) is 0 Å². The molecular formula is C52H45IrN3OSi-2. The summed E-state index contributed by atoms with van der Waals surface area (Å²) in [5, 5.41) is 8.65. The van der Waals surface area contributed by atoms with Gasteiger partial charge in [0.2, 0.25) is 0 Å². The van der Waals surface area contributed by atoms with E-state index in [0.29, 0.717) is 0 Å². The minimum absolute atomic E-state index is 0. The van der Waals surface area contributed by atoms with Crippen LogP contribution in [-0.4, -0.2) is 22.6 Å². The van der Waals surface area contributed by atoms with Crippen LogP contribution < -0.4 is 5.19 Å². The van der Waals surface area contributed by atoms with Gasteiger partial charge in [0, 0.05) is 37.4 Å². The SMILES string of the molecule is CC(C)(C)c1ccc(-n2c(-c3[c-]ccc4c3oc3ccccc34)nc3ccccc32)cc1.Cc1cc(-c2[c-]ccc3c2ccc2ccccc23)ncc1[Si](C)(C)C.[Ir]. The van der Waals surface area contributed by atoms with Crippen molar-refractivity contribution in [2.24, 2.45) is 0 Å². The predicted molar refractivity (Wildman–Crippen MR) is 243 cm³/mol. The Morgan fingerprint density at radius 2 is 1.33 bits per heavy atom. The molecule has 0 atom stereocenters. The summed E-state index contributed by atoms with van der Waals surface area (Å²) < 4.78 is 8.51. The maximum Gasteiger partial charge on any atom is 0.120 e. The molecule has 6 heteroatoms. The summed E-state index contributed by atoms with van der Waals surface area (Å²) in [7, 11) is -1.36. The molecule has 3 heterocycles. The summed E-state index contributed by atoms with van der Waals surface area (Å²) >= 11 is 0. The van der Waals surface area contributed by atoms with Gasteiger partial charge < -0.3 is 14.0 Å². The van der Waals surface area contributed by atoms with E-state index in [4.69, 9.17) is 14.4 Å². The van der Waals surface area contributed by atoms with Crippen molar-refractivity contribution in [1.82, 2.24) is 14.5 Å². The number of hydrogen-bond donors (Lipinski definition) is 0. The average Bonchev–Trinajstić information content (AvgIpc) is 3.79. The third-order valence-corrected chi connectivity index (χ3v) is 13.1. The largest absolute Gasteiger partial charge is 0.501 e. The molecule has 1 radical (unpaired) electrons. The summed E-state index contributed by atoms with van der Waals surface area (Å²) in [6, 6.07) is 55.4. The second-order valence-corrected chi connectivity index (χ2v) is 22.0. The molecule has 0 amide bonds. The van der Waals surface area contributed by atoms with E-state index in [1.165, 1.54) is 37.9 Å². The van der Waals surface area contributed by atoms with Crippen LogP contribution in [0.25, 0.3) is 82.8 Å². The molecular weight excluding hydrogens is 903 g/mol. The van der Waals surface area contributed by atoms with Crippen molar-refractivity contribution in [3.8, 4) is 28.3 Å². The van der Waals surface area contributed by atoms with E-state index < -0.39 is 8.07 Å². The summed E-state index contributed by atoms with van der Waals surface area (Å²) in [6.07, 6.45) is 2.09. The fourth-order valence-corrected chi connectivity index (χ4v) is 9.80. The monoisotopic (exact) mass is 948 g/mol. The number of rotatable bonds is 4. The van der Waals surface area contributed by atoms with E-state index in [9.17, 15) is 0 Å². The van der Waals surface area contributed by atoms with Crippen LogP contribution in [0.1, 0.15) is 31.9 Å². The molecule has 3 aromatic heterocycles. The molecule has 7 aromatic carbocycles. The minimum atomic E-state index is -1.36. The zero-order valence-corrected chi connectivity index (χ0v) is 37.3. The summed E-state index contributed by atoms with van der Waals surface area (Å²) in [6.45, 7) is 16.0. The van der Waals surface area contributed by atoms with E-state index in [1.807, 2.05) is 36.4 Å². The maximum absolute atomic E-state index is 6.30. The maximum atomic E-state index is 6.30. The van der Waals surface area contributed by atoms with Crippen molar-refractivity contribution in [2.75, 3.05) is 0 Å². The predicted octanol–water partition coefficient (Wildman–Crippen LogP) is 13.4. The van der Waals surface area contributed by atoms with Gasteiger partial charge in [-0.1, -0.05) is 153 Å². The van der Waals surface area contributed by atoms with Gasteiger partial charge >= 0.3 is 0 Å². The first kappa shape index (κ1) is 39.2. The molecule has 0 aliphatic carbocycles. The Morgan fingerprint density at radius 1 is 0.655 bits per heavy atom. The third kappa shape index (κ3) is 7.11. The van der Waals surface area contributed by atoms with E-state index in [0.717, 1.165) is 61.3 Å². The fraction of sp³-hybridized carbons (Fsp3) is 0.154. The van der Waals surface area contributed by atoms with E-state index in [1.54, 1.807) is 0 Å². The van der Waals surface area contributed by atoms with Crippen LogP contribution in [-0.2, 0) is 25.5 Å². The molecule has 0 aliphatic heterocycles. The van der Waals surface area contributed by atoms with Gasteiger partial charge in [-0.05, 0) is 69.9 Å². The van der Waals surface area contributed by atoms with Crippen LogP contribution in [0.4, 0.5) is 0 Å². The van der Waals surface area contributed by atoms with Gasteiger partial charge in [-0.15, -0.1) is 42.0 Å². The zero-order chi connectivity index (χ0) is 39.5. The Bertz CT molecular complexity index is 3110. The number of fused-ring (bicyclic) bond motifs is 7. The van der Waals surface area contributed by atoms with E-state index in [2.05, 4.69) is 173 Å². The average molecular weight is 948 g/mol. The third-order valence-electron chi connectivity index (χ3n) is 11.0. The Morgan fingerprint density at radius 3 is 2.07 bits per heavy atom. The van der Waals surface area contributed by atoms with Crippen LogP contribution in [0.5, 0.6) is 0 Å². The molecule has 0 aliphatic rings. The van der Waals surface area contributed by atoms with Gasteiger partial charge in [0.05, 0.1) is 30.5 Å². The van der Waals surface area contributed by atoms with Crippen LogP contribution in [0, 0.1) is 19.1 Å². The molecule has 10 aromatic rings.